The van der Waals surface area contributed by atoms with Gasteiger partial charge in [-0.2, -0.15) is 0 Å². The highest BCUT2D eigenvalue weighted by Crippen LogP contribution is 2.44. The Kier molecular flexibility index (Phi) is 8.95. The number of rotatable bonds is 9. The van der Waals surface area contributed by atoms with Crippen molar-refractivity contribution in [3.05, 3.63) is 51.9 Å². The third kappa shape index (κ3) is 6.72. The third-order valence-electron chi connectivity index (χ3n) is 6.28. The van der Waals surface area contributed by atoms with E-state index in [9.17, 15) is 9.59 Å². The summed E-state index contributed by atoms with van der Waals surface area (Å²) >= 11 is 1.51. The number of anilines is 1. The Labute approximate surface area is 207 Å². The molecule has 1 aromatic carbocycles. The standard InChI is InChI=1S/C28H37NO4S/c1-6-8-17-33-21-13-9-19(10-14-21)11-16-24(30)29-26-25(27(31)32-7-2)22-15-12-20(28(3,4)5)18-23(22)34-26/h9-11,13-14,16,20H,6-8,12,15,17-18H2,1-5H3,(H,29,30). The lowest BCUT2D eigenvalue weighted by Gasteiger charge is -2.33. The molecule has 1 atom stereocenters. The second-order valence-corrected chi connectivity index (χ2v) is 10.9. The first-order valence-electron chi connectivity index (χ1n) is 12.3. The van der Waals surface area contributed by atoms with Gasteiger partial charge in [0.05, 0.1) is 18.8 Å². The number of esters is 1. The molecule has 1 aromatic heterocycles. The minimum atomic E-state index is -0.354. The summed E-state index contributed by atoms with van der Waals surface area (Å²) in [6.07, 6.45) is 8.17. The smallest absolute Gasteiger partial charge is 0.341 e. The van der Waals surface area contributed by atoms with Crippen LogP contribution in [0.5, 0.6) is 5.75 Å². The molecule has 0 saturated heterocycles. The van der Waals surface area contributed by atoms with Crippen LogP contribution in [-0.4, -0.2) is 25.1 Å². The van der Waals surface area contributed by atoms with Gasteiger partial charge in [-0.1, -0.05) is 46.2 Å². The highest BCUT2D eigenvalue weighted by Gasteiger charge is 2.34. The number of fused-ring (bicyclic) bond motifs is 1. The van der Waals surface area contributed by atoms with Gasteiger partial charge in [0.25, 0.3) is 0 Å². The van der Waals surface area contributed by atoms with E-state index in [4.69, 9.17) is 9.47 Å². The third-order valence-corrected chi connectivity index (χ3v) is 7.45. The van der Waals surface area contributed by atoms with Crippen LogP contribution >= 0.6 is 11.3 Å². The molecule has 5 nitrogen and oxygen atoms in total. The molecule has 6 heteroatoms. The number of nitrogens with one attached hydrogen (secondary N) is 1. The fraction of sp³-hybridized carbons (Fsp3) is 0.500. The number of hydrogen-bond donors (Lipinski definition) is 1. The number of carbonyl (C=O) groups excluding carboxylic acids is 2. The summed E-state index contributed by atoms with van der Waals surface area (Å²) in [5.74, 6) is 0.755. The number of thiophene rings is 1. The van der Waals surface area contributed by atoms with Gasteiger partial charge in [-0.05, 0) is 73.3 Å². The number of carbonyl (C=O) groups is 2. The van der Waals surface area contributed by atoms with E-state index in [1.54, 1.807) is 13.0 Å². The molecule has 0 saturated carbocycles. The number of amides is 1. The van der Waals surface area contributed by atoms with Gasteiger partial charge in [-0.3, -0.25) is 4.79 Å². The van der Waals surface area contributed by atoms with Crippen molar-refractivity contribution in [1.29, 1.82) is 0 Å². The van der Waals surface area contributed by atoms with Crippen molar-refractivity contribution in [2.75, 3.05) is 18.5 Å². The summed E-state index contributed by atoms with van der Waals surface area (Å²) in [6, 6.07) is 7.66. The van der Waals surface area contributed by atoms with Crippen LogP contribution in [0.1, 0.15) is 80.2 Å². The van der Waals surface area contributed by atoms with Crippen LogP contribution in [0.15, 0.2) is 30.3 Å². The number of ether oxygens (including phenoxy) is 2. The maximum atomic E-state index is 12.8. The van der Waals surface area contributed by atoms with Crippen LogP contribution in [0.3, 0.4) is 0 Å². The SMILES string of the molecule is CCCCOc1ccc(C=CC(=O)Nc2sc3c(c2C(=O)OCC)CCC(C(C)(C)C)C3)cc1. The molecule has 184 valence electrons. The number of hydrogen-bond acceptors (Lipinski definition) is 5. The normalized spacial score (nSPS) is 15.7. The lowest BCUT2D eigenvalue weighted by Crippen LogP contribution is -2.26. The van der Waals surface area contributed by atoms with Crippen molar-refractivity contribution < 1.29 is 19.1 Å². The average molecular weight is 484 g/mol. The average Bonchev–Trinajstić information content (AvgIpc) is 3.15. The molecule has 0 bridgehead atoms. The molecular weight excluding hydrogens is 446 g/mol. The first-order valence-corrected chi connectivity index (χ1v) is 13.1. The minimum absolute atomic E-state index is 0.203. The summed E-state index contributed by atoms with van der Waals surface area (Å²) in [6.45, 7) is 11.7. The van der Waals surface area contributed by atoms with Gasteiger partial charge in [-0.15, -0.1) is 11.3 Å². The maximum Gasteiger partial charge on any atom is 0.341 e. The fourth-order valence-electron chi connectivity index (χ4n) is 4.17. The minimum Gasteiger partial charge on any atom is -0.494 e. The summed E-state index contributed by atoms with van der Waals surface area (Å²) in [7, 11) is 0. The van der Waals surface area contributed by atoms with E-state index in [-0.39, 0.29) is 17.3 Å². The Morgan fingerprint density at radius 1 is 1.18 bits per heavy atom. The van der Waals surface area contributed by atoms with Crippen LogP contribution in [0, 0.1) is 11.3 Å². The quantitative estimate of drug-likeness (QED) is 0.239. The van der Waals surface area contributed by atoms with Crippen LogP contribution < -0.4 is 10.1 Å². The molecule has 1 amide bonds. The molecule has 0 radical (unpaired) electrons. The van der Waals surface area contributed by atoms with Crippen LogP contribution in [0.4, 0.5) is 5.00 Å². The van der Waals surface area contributed by atoms with Crippen molar-refractivity contribution in [2.45, 2.75) is 66.7 Å². The van der Waals surface area contributed by atoms with E-state index in [0.29, 0.717) is 29.7 Å². The Morgan fingerprint density at radius 2 is 1.91 bits per heavy atom. The fourth-order valence-corrected chi connectivity index (χ4v) is 5.49. The van der Waals surface area contributed by atoms with Gasteiger partial charge in [0.1, 0.15) is 10.8 Å². The molecule has 0 spiro atoms. The van der Waals surface area contributed by atoms with Crippen molar-refractivity contribution in [3.63, 3.8) is 0 Å². The summed E-state index contributed by atoms with van der Waals surface area (Å²) in [4.78, 5) is 26.7. The Hall–Kier alpha value is -2.60. The van der Waals surface area contributed by atoms with Crippen molar-refractivity contribution in [1.82, 2.24) is 0 Å². The van der Waals surface area contributed by atoms with Crippen molar-refractivity contribution in [3.8, 4) is 5.75 Å². The molecular formula is C28H37NO4S. The second kappa shape index (κ2) is 11.7. The molecule has 3 rings (SSSR count). The zero-order valence-corrected chi connectivity index (χ0v) is 21.8. The lowest BCUT2D eigenvalue weighted by molar-refractivity contribution is -0.111. The summed E-state index contributed by atoms with van der Waals surface area (Å²) in [5.41, 5.74) is 2.68. The Bertz CT molecular complexity index is 1010. The molecule has 2 aromatic rings. The predicted octanol–water partition coefficient (Wildman–Crippen LogP) is 6.91. The van der Waals surface area contributed by atoms with E-state index < -0.39 is 0 Å². The topological polar surface area (TPSA) is 64.6 Å². The molecule has 0 aliphatic heterocycles. The van der Waals surface area contributed by atoms with E-state index in [1.807, 2.05) is 24.3 Å². The van der Waals surface area contributed by atoms with E-state index in [1.165, 1.54) is 22.3 Å². The van der Waals surface area contributed by atoms with Crippen LogP contribution in [0.2, 0.25) is 0 Å². The monoisotopic (exact) mass is 483 g/mol. The Balaban J connectivity index is 1.73. The van der Waals surface area contributed by atoms with E-state index >= 15 is 0 Å². The second-order valence-electron chi connectivity index (χ2n) is 9.83. The van der Waals surface area contributed by atoms with Gasteiger partial charge in [0, 0.05) is 11.0 Å². The van der Waals surface area contributed by atoms with Crippen molar-refractivity contribution in [2.24, 2.45) is 11.3 Å². The molecule has 0 fully saturated rings. The van der Waals surface area contributed by atoms with Gasteiger partial charge in [0.15, 0.2) is 0 Å². The van der Waals surface area contributed by atoms with Gasteiger partial charge < -0.3 is 14.8 Å². The maximum absolute atomic E-state index is 12.8. The summed E-state index contributed by atoms with van der Waals surface area (Å²) < 4.78 is 11.0. The number of benzene rings is 1. The molecule has 1 heterocycles. The van der Waals surface area contributed by atoms with Gasteiger partial charge in [0.2, 0.25) is 5.91 Å². The zero-order valence-electron chi connectivity index (χ0n) is 21.0. The lowest BCUT2D eigenvalue weighted by atomic mass is 9.72. The van der Waals surface area contributed by atoms with Gasteiger partial charge in [-0.25, -0.2) is 4.79 Å². The molecule has 1 unspecified atom stereocenters. The van der Waals surface area contributed by atoms with E-state index in [2.05, 4.69) is 33.0 Å². The first kappa shape index (κ1) is 26.0. The summed E-state index contributed by atoms with van der Waals surface area (Å²) in [5, 5.41) is 3.53. The molecule has 1 N–H and O–H groups in total. The molecule has 1 aliphatic rings. The highest BCUT2D eigenvalue weighted by atomic mass is 32.1. The first-order chi connectivity index (χ1) is 16.2. The van der Waals surface area contributed by atoms with Crippen molar-refractivity contribution >= 4 is 34.3 Å². The number of unbranched alkanes of at least 4 members (excludes halogenated alkanes) is 1. The predicted molar refractivity (Wildman–Crippen MR) is 140 cm³/mol. The van der Waals surface area contributed by atoms with Crippen LogP contribution in [0.25, 0.3) is 6.08 Å². The van der Waals surface area contributed by atoms with Crippen LogP contribution in [-0.2, 0) is 22.4 Å². The Morgan fingerprint density at radius 3 is 2.56 bits per heavy atom. The zero-order chi connectivity index (χ0) is 24.7. The van der Waals surface area contributed by atoms with Gasteiger partial charge >= 0.3 is 5.97 Å². The molecule has 34 heavy (non-hydrogen) atoms. The molecule has 1 aliphatic carbocycles. The highest BCUT2D eigenvalue weighted by molar-refractivity contribution is 7.17. The van der Waals surface area contributed by atoms with E-state index in [0.717, 1.165) is 49.0 Å². The largest absolute Gasteiger partial charge is 0.494 e.